The van der Waals surface area contributed by atoms with Crippen LogP contribution in [0.4, 0.5) is 8.78 Å². The Morgan fingerprint density at radius 1 is 1.43 bits per heavy atom. The van der Waals surface area contributed by atoms with E-state index in [0.29, 0.717) is 15.8 Å². The van der Waals surface area contributed by atoms with Crippen LogP contribution >= 0.6 is 27.5 Å². The van der Waals surface area contributed by atoms with Crippen LogP contribution in [-0.2, 0) is 0 Å². The van der Waals surface area contributed by atoms with Crippen molar-refractivity contribution in [1.82, 2.24) is 0 Å². The summed E-state index contributed by atoms with van der Waals surface area (Å²) in [6.45, 7) is 0. The van der Waals surface area contributed by atoms with Gasteiger partial charge in [-0.1, -0.05) is 22.0 Å². The second-order valence-corrected chi connectivity index (χ2v) is 3.95. The third-order valence-corrected chi connectivity index (χ3v) is 2.84. The zero-order chi connectivity index (χ0) is 10.7. The van der Waals surface area contributed by atoms with E-state index in [9.17, 15) is 8.78 Å². The molecule has 0 radical (unpaired) electrons. The van der Waals surface area contributed by atoms with Crippen LogP contribution in [0.5, 0.6) is 5.75 Å². The van der Waals surface area contributed by atoms with Crippen molar-refractivity contribution < 1.29 is 13.5 Å². The molecule has 78 valence electrons. The van der Waals surface area contributed by atoms with Gasteiger partial charge in [-0.3, -0.25) is 0 Å². The lowest BCUT2D eigenvalue weighted by molar-refractivity contribution is 0.142. The van der Waals surface area contributed by atoms with Gasteiger partial charge >= 0.3 is 0 Å². The van der Waals surface area contributed by atoms with Crippen molar-refractivity contribution in [3.8, 4) is 5.75 Å². The molecule has 1 unspecified atom stereocenters. The molecule has 0 bridgehead atoms. The van der Waals surface area contributed by atoms with Crippen LogP contribution in [0.2, 0.25) is 0 Å². The topological polar surface area (TPSA) is 9.23 Å². The lowest BCUT2D eigenvalue weighted by Gasteiger charge is -2.11. The predicted octanol–water partition coefficient (Wildman–Crippen LogP) is 4.00. The second kappa shape index (κ2) is 4.94. The summed E-state index contributed by atoms with van der Waals surface area (Å²) < 4.78 is 30.0. The fourth-order valence-electron chi connectivity index (χ4n) is 0.994. The Morgan fingerprint density at radius 3 is 2.50 bits per heavy atom. The van der Waals surface area contributed by atoms with Gasteiger partial charge in [0.05, 0.1) is 7.11 Å². The number of methoxy groups -OCH3 is 1. The number of alkyl halides is 3. The molecule has 0 N–H and O–H groups in total. The summed E-state index contributed by atoms with van der Waals surface area (Å²) >= 11 is 8.68. The zero-order valence-electron chi connectivity index (χ0n) is 7.31. The van der Waals surface area contributed by atoms with Gasteiger partial charge in [-0.15, -0.1) is 11.6 Å². The molecule has 1 aromatic rings. The van der Waals surface area contributed by atoms with Gasteiger partial charge in [0.2, 0.25) is 0 Å². The van der Waals surface area contributed by atoms with Crippen LogP contribution in [0, 0.1) is 0 Å². The Labute approximate surface area is 94.1 Å². The number of ether oxygens (including phenoxy) is 1. The monoisotopic (exact) mass is 284 g/mol. The lowest BCUT2D eigenvalue weighted by atomic mass is 10.1. The molecule has 0 aliphatic rings. The molecule has 0 spiro atoms. The lowest BCUT2D eigenvalue weighted by Crippen LogP contribution is -2.02. The Morgan fingerprint density at radius 2 is 2.07 bits per heavy atom. The quantitative estimate of drug-likeness (QED) is 0.763. The highest BCUT2D eigenvalue weighted by Gasteiger charge is 2.21. The molecule has 1 nitrogen and oxygen atoms in total. The molecule has 1 atom stereocenters. The number of halogens is 4. The predicted molar refractivity (Wildman–Crippen MR) is 55.3 cm³/mol. The summed E-state index contributed by atoms with van der Waals surface area (Å²) in [4.78, 5) is 0. The Balaban J connectivity index is 2.99. The standard InChI is InChI=1S/C9H8BrClF2O/c1-14-5-2-3-6(7(10)4-5)8(11)9(12)13/h2-4,8-9H,1H3. The summed E-state index contributed by atoms with van der Waals surface area (Å²) in [5, 5.41) is -1.30. The van der Waals surface area contributed by atoms with Gasteiger partial charge in [-0.25, -0.2) is 8.78 Å². The first-order valence-electron chi connectivity index (χ1n) is 3.82. The van der Waals surface area contributed by atoms with Crippen LogP contribution in [0.3, 0.4) is 0 Å². The van der Waals surface area contributed by atoms with Crippen molar-refractivity contribution in [3.63, 3.8) is 0 Å². The van der Waals surface area contributed by atoms with Crippen LogP contribution < -0.4 is 4.74 Å². The first kappa shape index (κ1) is 11.7. The fourth-order valence-corrected chi connectivity index (χ4v) is 1.92. The smallest absolute Gasteiger partial charge is 0.258 e. The summed E-state index contributed by atoms with van der Waals surface area (Å²) in [5.74, 6) is 0.596. The highest BCUT2D eigenvalue weighted by molar-refractivity contribution is 9.10. The zero-order valence-corrected chi connectivity index (χ0v) is 9.65. The molecule has 0 aliphatic carbocycles. The van der Waals surface area contributed by atoms with E-state index in [-0.39, 0.29) is 0 Å². The van der Waals surface area contributed by atoms with E-state index in [0.717, 1.165) is 0 Å². The second-order valence-electron chi connectivity index (χ2n) is 2.62. The van der Waals surface area contributed by atoms with Crippen molar-refractivity contribution >= 4 is 27.5 Å². The SMILES string of the molecule is COc1ccc(C(Cl)C(F)F)c(Br)c1. The van der Waals surface area contributed by atoms with E-state index in [1.807, 2.05) is 0 Å². The Bertz CT molecular complexity index is 320. The maximum atomic E-state index is 12.3. The van der Waals surface area contributed by atoms with E-state index in [4.69, 9.17) is 16.3 Å². The van der Waals surface area contributed by atoms with Gasteiger partial charge in [0.1, 0.15) is 11.1 Å². The number of benzene rings is 1. The Kier molecular flexibility index (Phi) is 4.13. The molecule has 0 saturated carbocycles. The number of hydrogen-bond acceptors (Lipinski definition) is 1. The van der Waals surface area contributed by atoms with Crippen molar-refractivity contribution in [3.05, 3.63) is 28.2 Å². The fraction of sp³-hybridized carbons (Fsp3) is 0.333. The minimum absolute atomic E-state index is 0.363. The van der Waals surface area contributed by atoms with E-state index in [2.05, 4.69) is 15.9 Å². The maximum Gasteiger partial charge on any atom is 0.258 e. The van der Waals surface area contributed by atoms with Crippen LogP contribution in [0.25, 0.3) is 0 Å². The molecule has 0 heterocycles. The minimum atomic E-state index is -2.58. The number of hydrogen-bond donors (Lipinski definition) is 0. The summed E-state index contributed by atoms with van der Waals surface area (Å²) in [6, 6.07) is 4.72. The average Bonchev–Trinajstić information content (AvgIpc) is 2.16. The van der Waals surface area contributed by atoms with Crippen molar-refractivity contribution in [2.75, 3.05) is 7.11 Å². The highest BCUT2D eigenvalue weighted by atomic mass is 79.9. The summed E-state index contributed by atoms with van der Waals surface area (Å²) in [7, 11) is 1.51. The molecule has 0 aromatic heterocycles. The molecule has 0 amide bonds. The molecule has 1 aromatic carbocycles. The van der Waals surface area contributed by atoms with Gasteiger partial charge in [0.25, 0.3) is 6.43 Å². The van der Waals surface area contributed by atoms with Gasteiger partial charge in [0, 0.05) is 4.47 Å². The largest absolute Gasteiger partial charge is 0.497 e. The molecular weight excluding hydrogens is 277 g/mol. The van der Waals surface area contributed by atoms with E-state index < -0.39 is 11.8 Å². The third-order valence-electron chi connectivity index (χ3n) is 1.73. The normalized spacial score (nSPS) is 13.0. The van der Waals surface area contributed by atoms with Gasteiger partial charge < -0.3 is 4.74 Å². The molecule has 0 aliphatic heterocycles. The van der Waals surface area contributed by atoms with Crippen LogP contribution in [-0.4, -0.2) is 13.5 Å². The first-order valence-corrected chi connectivity index (χ1v) is 5.05. The maximum absolute atomic E-state index is 12.3. The molecular formula is C9H8BrClF2O. The molecule has 1 rings (SSSR count). The molecule has 0 saturated heterocycles. The first-order chi connectivity index (χ1) is 6.56. The van der Waals surface area contributed by atoms with E-state index in [1.165, 1.54) is 13.2 Å². The summed E-state index contributed by atoms with van der Waals surface area (Å²) in [6.07, 6.45) is -2.58. The Hall–Kier alpha value is -0.350. The van der Waals surface area contributed by atoms with Crippen LogP contribution in [0.15, 0.2) is 22.7 Å². The molecule has 5 heteroatoms. The van der Waals surface area contributed by atoms with Gasteiger partial charge in [-0.05, 0) is 17.7 Å². The third kappa shape index (κ3) is 2.58. The average molecular weight is 286 g/mol. The van der Waals surface area contributed by atoms with Crippen molar-refractivity contribution in [2.45, 2.75) is 11.8 Å². The summed E-state index contributed by atoms with van der Waals surface area (Å²) in [5.41, 5.74) is 0.363. The molecule has 0 fully saturated rings. The van der Waals surface area contributed by atoms with Crippen LogP contribution in [0.1, 0.15) is 10.9 Å². The van der Waals surface area contributed by atoms with Gasteiger partial charge in [0.15, 0.2) is 0 Å². The van der Waals surface area contributed by atoms with E-state index in [1.54, 1.807) is 12.1 Å². The van der Waals surface area contributed by atoms with Crippen molar-refractivity contribution in [2.24, 2.45) is 0 Å². The molecule has 14 heavy (non-hydrogen) atoms. The minimum Gasteiger partial charge on any atom is -0.497 e. The van der Waals surface area contributed by atoms with Gasteiger partial charge in [-0.2, -0.15) is 0 Å². The highest BCUT2D eigenvalue weighted by Crippen LogP contribution is 2.34. The number of rotatable bonds is 3. The van der Waals surface area contributed by atoms with E-state index >= 15 is 0 Å². The van der Waals surface area contributed by atoms with Crippen molar-refractivity contribution in [1.29, 1.82) is 0 Å².